The summed E-state index contributed by atoms with van der Waals surface area (Å²) in [7, 11) is -1.41. The summed E-state index contributed by atoms with van der Waals surface area (Å²) in [4.78, 5) is 0. The molecule has 80 valence electrons. The molecule has 0 aromatic carbocycles. The average molecular weight is 231 g/mol. The Morgan fingerprint density at radius 2 is 1.85 bits per heavy atom. The Morgan fingerprint density at radius 1 is 1.31 bits per heavy atom. The molecule has 0 aliphatic rings. The van der Waals surface area contributed by atoms with Gasteiger partial charge in [-0.25, -0.2) is 4.67 Å². The zero-order valence-corrected chi connectivity index (χ0v) is 10.4. The monoisotopic (exact) mass is 231 g/mol. The van der Waals surface area contributed by atoms with Gasteiger partial charge in [0, 0.05) is 13.1 Å². The normalized spacial score (nSPS) is 16.9. The van der Waals surface area contributed by atoms with Crippen molar-refractivity contribution >= 4 is 16.7 Å². The van der Waals surface area contributed by atoms with Crippen LogP contribution in [0.5, 0.6) is 0 Å². The maximum Gasteiger partial charge on any atom is 0.286 e. The lowest BCUT2D eigenvalue weighted by Gasteiger charge is -2.16. The lowest BCUT2D eigenvalue weighted by molar-refractivity contribution is 0.540. The molecule has 0 heterocycles. The van der Waals surface area contributed by atoms with Crippen molar-refractivity contribution in [3.63, 3.8) is 0 Å². The van der Waals surface area contributed by atoms with Gasteiger partial charge in [-0.15, -0.1) is 0 Å². The standard InChI is InChI=1S/C6H17F2N3P2/c1-5-10(3)12(7)9-13(8)11(4)6-2/h12H,5-6H2,1-4H3. The Balaban J connectivity index is 4.20. The van der Waals surface area contributed by atoms with E-state index in [1.54, 1.807) is 14.1 Å². The predicted molar refractivity (Wildman–Crippen MR) is 56.5 cm³/mol. The molecule has 0 amide bonds. The first kappa shape index (κ1) is 13.4. The zero-order chi connectivity index (χ0) is 10.4. The quantitative estimate of drug-likeness (QED) is 0.676. The van der Waals surface area contributed by atoms with Crippen LogP contribution in [0.2, 0.25) is 0 Å². The van der Waals surface area contributed by atoms with Crippen LogP contribution in [0.3, 0.4) is 0 Å². The van der Waals surface area contributed by atoms with E-state index >= 15 is 0 Å². The van der Waals surface area contributed by atoms with Crippen molar-refractivity contribution in [2.45, 2.75) is 13.8 Å². The third-order valence-electron chi connectivity index (χ3n) is 1.69. The summed E-state index contributed by atoms with van der Waals surface area (Å²) in [5.41, 5.74) is 0. The molecule has 0 saturated heterocycles. The Kier molecular flexibility index (Phi) is 7.06. The highest BCUT2D eigenvalue weighted by atomic mass is 31.2. The fraction of sp³-hybridized carbons (Fsp3) is 1.00. The molecule has 0 rings (SSSR count). The van der Waals surface area contributed by atoms with Gasteiger partial charge in [0.2, 0.25) is 0 Å². The molecule has 2 atom stereocenters. The van der Waals surface area contributed by atoms with Crippen LogP contribution in [0.15, 0.2) is 4.52 Å². The van der Waals surface area contributed by atoms with Crippen molar-refractivity contribution in [2.24, 2.45) is 4.52 Å². The summed E-state index contributed by atoms with van der Waals surface area (Å²) in [5.74, 6) is 0. The third kappa shape index (κ3) is 5.02. The van der Waals surface area contributed by atoms with E-state index in [-0.39, 0.29) is 0 Å². The van der Waals surface area contributed by atoms with Crippen LogP contribution in [0, 0.1) is 0 Å². The average Bonchev–Trinajstić information content (AvgIpc) is 2.14. The zero-order valence-electron chi connectivity index (χ0n) is 8.46. The lowest BCUT2D eigenvalue weighted by Crippen LogP contribution is -2.08. The van der Waals surface area contributed by atoms with Crippen LogP contribution >= 0.6 is 16.7 Å². The molecule has 3 nitrogen and oxygen atoms in total. The largest absolute Gasteiger partial charge is 0.286 e. The molecule has 2 unspecified atom stereocenters. The highest BCUT2D eigenvalue weighted by molar-refractivity contribution is 7.56. The van der Waals surface area contributed by atoms with E-state index in [9.17, 15) is 8.39 Å². The molecule has 0 aliphatic heterocycles. The summed E-state index contributed by atoms with van der Waals surface area (Å²) in [6.45, 7) is 4.76. The minimum absolute atomic E-state index is 0.552. The summed E-state index contributed by atoms with van der Waals surface area (Å²) in [5, 5.41) is 0. The van der Waals surface area contributed by atoms with Gasteiger partial charge in [0.15, 0.2) is 8.17 Å². The lowest BCUT2D eigenvalue weighted by atomic mass is 10.8. The molecule has 13 heavy (non-hydrogen) atoms. The third-order valence-corrected chi connectivity index (χ3v) is 4.81. The molecule has 0 bridgehead atoms. The van der Waals surface area contributed by atoms with Crippen molar-refractivity contribution in [3.05, 3.63) is 0 Å². The molecule has 0 fully saturated rings. The second-order valence-electron chi connectivity index (χ2n) is 2.60. The van der Waals surface area contributed by atoms with Gasteiger partial charge in [0.05, 0.1) is 0 Å². The predicted octanol–water partition coefficient (Wildman–Crippen LogP) is 3.28. The topological polar surface area (TPSA) is 18.8 Å². The van der Waals surface area contributed by atoms with Gasteiger partial charge < -0.3 is 0 Å². The smallest absolute Gasteiger partial charge is 0.250 e. The number of hydrogen-bond acceptors (Lipinski definition) is 2. The van der Waals surface area contributed by atoms with Gasteiger partial charge in [-0.05, 0) is 14.1 Å². The first-order valence-electron chi connectivity index (χ1n) is 4.15. The van der Waals surface area contributed by atoms with Crippen molar-refractivity contribution in [3.8, 4) is 0 Å². The first-order valence-corrected chi connectivity index (χ1v) is 6.56. The van der Waals surface area contributed by atoms with Gasteiger partial charge in [-0.3, -0.25) is 4.67 Å². The van der Waals surface area contributed by atoms with E-state index in [4.69, 9.17) is 0 Å². The van der Waals surface area contributed by atoms with Crippen LogP contribution in [-0.4, -0.2) is 36.5 Å². The maximum atomic E-state index is 13.2. The number of hydrogen-bond donors (Lipinski definition) is 0. The molecule has 0 saturated carbocycles. The Bertz CT molecular complexity index is 179. The molecular weight excluding hydrogens is 214 g/mol. The first-order chi connectivity index (χ1) is 6.02. The summed E-state index contributed by atoms with van der Waals surface area (Å²) < 4.78 is 32.7. The van der Waals surface area contributed by atoms with Gasteiger partial charge in [-0.1, -0.05) is 13.8 Å². The van der Waals surface area contributed by atoms with Crippen LogP contribution in [0.4, 0.5) is 8.39 Å². The van der Waals surface area contributed by atoms with Crippen LogP contribution in [-0.2, 0) is 0 Å². The van der Waals surface area contributed by atoms with E-state index in [2.05, 4.69) is 4.52 Å². The molecule has 0 spiro atoms. The summed E-state index contributed by atoms with van der Waals surface area (Å²) in [6, 6.07) is 0. The van der Waals surface area contributed by atoms with Crippen molar-refractivity contribution in [2.75, 3.05) is 27.2 Å². The number of nitrogens with zero attached hydrogens (tertiary/aromatic N) is 3. The molecule has 0 aromatic rings. The second kappa shape index (κ2) is 6.83. The minimum atomic E-state index is -2.50. The number of rotatable bonds is 5. The maximum absolute atomic E-state index is 13.2. The summed E-state index contributed by atoms with van der Waals surface area (Å²) in [6.07, 6.45) is 0. The van der Waals surface area contributed by atoms with Gasteiger partial charge in [0.25, 0.3) is 8.53 Å². The molecule has 0 radical (unpaired) electrons. The van der Waals surface area contributed by atoms with Crippen LogP contribution in [0.25, 0.3) is 0 Å². The van der Waals surface area contributed by atoms with E-state index in [0.717, 1.165) is 0 Å². The Hall–Kier alpha value is 0.440. The van der Waals surface area contributed by atoms with E-state index in [0.29, 0.717) is 13.1 Å². The van der Waals surface area contributed by atoms with E-state index in [1.807, 2.05) is 13.8 Å². The van der Waals surface area contributed by atoms with E-state index in [1.165, 1.54) is 9.34 Å². The van der Waals surface area contributed by atoms with Crippen molar-refractivity contribution in [1.29, 1.82) is 0 Å². The van der Waals surface area contributed by atoms with Crippen LogP contribution in [0.1, 0.15) is 13.8 Å². The molecule has 0 N–H and O–H groups in total. The van der Waals surface area contributed by atoms with Crippen LogP contribution < -0.4 is 0 Å². The molecule has 7 heteroatoms. The SMILES string of the molecule is CCN(C)P(F)/N=[PH](\F)N(C)CC. The van der Waals surface area contributed by atoms with Crippen molar-refractivity contribution < 1.29 is 8.39 Å². The molecule has 0 aliphatic carbocycles. The minimum Gasteiger partial charge on any atom is -0.250 e. The Morgan fingerprint density at radius 3 is 2.23 bits per heavy atom. The fourth-order valence-corrected chi connectivity index (χ4v) is 2.73. The molecular formula is C6H17F2N3P2. The Labute approximate surface area is 80.7 Å². The second-order valence-corrected chi connectivity index (χ2v) is 5.86. The van der Waals surface area contributed by atoms with Gasteiger partial charge in [-0.2, -0.15) is 12.9 Å². The number of halogens is 2. The van der Waals surface area contributed by atoms with Gasteiger partial charge >= 0.3 is 0 Å². The fourth-order valence-electron chi connectivity index (χ4n) is 0.468. The highest BCUT2D eigenvalue weighted by Gasteiger charge is 2.13. The highest BCUT2D eigenvalue weighted by Crippen LogP contribution is 2.50. The van der Waals surface area contributed by atoms with Gasteiger partial charge in [0.1, 0.15) is 0 Å². The summed E-state index contributed by atoms with van der Waals surface area (Å²) >= 11 is 0. The molecule has 0 aromatic heterocycles. The van der Waals surface area contributed by atoms with E-state index < -0.39 is 16.7 Å². The van der Waals surface area contributed by atoms with Crippen molar-refractivity contribution in [1.82, 2.24) is 9.34 Å².